The maximum atomic E-state index is 10.5. The second kappa shape index (κ2) is 6.34. The van der Waals surface area contributed by atoms with Gasteiger partial charge < -0.3 is 24.9 Å². The van der Waals surface area contributed by atoms with E-state index in [0.717, 1.165) is 0 Å². The summed E-state index contributed by atoms with van der Waals surface area (Å²) < 4.78 is 10.4. The fourth-order valence-electron chi connectivity index (χ4n) is 2.94. The van der Waals surface area contributed by atoms with Crippen LogP contribution < -0.4 is 15.9 Å². The zero-order valence-electron chi connectivity index (χ0n) is 14.1. The number of aryl methyl sites for hydroxylation is 1. The van der Waals surface area contributed by atoms with Gasteiger partial charge >= 0.3 is 7.12 Å². The van der Waals surface area contributed by atoms with E-state index in [1.807, 2.05) is 0 Å². The Hall–Kier alpha value is -3.50. The Balaban J connectivity index is 1.94. The Morgan fingerprint density at radius 3 is 2.74 bits per heavy atom. The quantitative estimate of drug-likeness (QED) is 0.349. The van der Waals surface area contributed by atoms with Crippen LogP contribution >= 0.6 is 0 Å². The van der Waals surface area contributed by atoms with E-state index in [4.69, 9.17) is 14.9 Å². The molecule has 2 aromatic heterocycles. The normalized spacial score (nSPS) is 11.1. The number of carbonyl (C=O) groups excluding carboxylic acids is 1. The van der Waals surface area contributed by atoms with Crippen molar-refractivity contribution in [3.63, 3.8) is 0 Å². The lowest BCUT2D eigenvalue weighted by atomic mass is 9.78. The number of nitrogen functional groups attached to an aromatic ring is 1. The highest BCUT2D eigenvalue weighted by Gasteiger charge is 2.19. The van der Waals surface area contributed by atoms with Gasteiger partial charge in [0.05, 0.1) is 5.52 Å². The molecule has 0 saturated carbocycles. The molecule has 2 aromatic carbocycles. The van der Waals surface area contributed by atoms with Gasteiger partial charge in [-0.05, 0) is 29.2 Å². The smallest absolute Gasteiger partial charge is 0.440 e. The van der Waals surface area contributed by atoms with Gasteiger partial charge in [-0.25, -0.2) is 4.98 Å². The first kappa shape index (κ1) is 16.9. The second-order valence-electron chi connectivity index (χ2n) is 5.89. The van der Waals surface area contributed by atoms with E-state index in [-0.39, 0.29) is 23.5 Å². The third kappa shape index (κ3) is 2.86. The highest BCUT2D eigenvalue weighted by molar-refractivity contribution is 6.59. The number of anilines is 1. The number of benzene rings is 2. The topological polar surface area (TPSA) is 145 Å². The summed E-state index contributed by atoms with van der Waals surface area (Å²) in [5.41, 5.74) is 9.26. The third-order valence-corrected chi connectivity index (χ3v) is 4.16. The zero-order valence-corrected chi connectivity index (χ0v) is 14.1. The van der Waals surface area contributed by atoms with Gasteiger partial charge in [0.15, 0.2) is 11.5 Å². The van der Waals surface area contributed by atoms with Crippen molar-refractivity contribution < 1.29 is 24.0 Å². The Morgan fingerprint density at radius 1 is 1.19 bits per heavy atom. The summed E-state index contributed by atoms with van der Waals surface area (Å²) in [6, 6.07) is 8.37. The van der Waals surface area contributed by atoms with E-state index in [1.54, 1.807) is 37.3 Å². The van der Waals surface area contributed by atoms with Crippen molar-refractivity contribution in [2.75, 3.05) is 5.73 Å². The van der Waals surface area contributed by atoms with E-state index >= 15 is 0 Å². The average molecular weight is 364 g/mol. The Morgan fingerprint density at radius 2 is 2.00 bits per heavy atom. The van der Waals surface area contributed by atoms with E-state index in [9.17, 15) is 14.8 Å². The molecule has 0 aliphatic rings. The van der Waals surface area contributed by atoms with Crippen LogP contribution in [0.15, 0.2) is 34.7 Å². The summed E-state index contributed by atoms with van der Waals surface area (Å²) in [7, 11) is -1.65. The summed E-state index contributed by atoms with van der Waals surface area (Å²) in [6.45, 7) is 1.94. The standard InChI is InChI=1S/C17H13BN4O5/c1-8-20-14-6-10(18(24)25)5-12(16(14)27-8)9-2-3-11-13(4-9)21-22-17(15(11)19)26-7-23/h2-7,24-25H,1H3,(H2,19,21). The molecule has 0 bridgehead atoms. The molecule has 27 heavy (non-hydrogen) atoms. The number of hydrogen-bond donors (Lipinski definition) is 3. The number of oxazole rings is 1. The van der Waals surface area contributed by atoms with Gasteiger partial charge in [0, 0.05) is 17.9 Å². The third-order valence-electron chi connectivity index (χ3n) is 4.16. The van der Waals surface area contributed by atoms with Crippen LogP contribution in [0.1, 0.15) is 5.89 Å². The van der Waals surface area contributed by atoms with Crippen LogP contribution in [-0.2, 0) is 4.79 Å². The Labute approximate surface area is 152 Å². The molecule has 4 rings (SSSR count). The molecule has 0 aliphatic heterocycles. The zero-order chi connectivity index (χ0) is 19.1. The largest absolute Gasteiger partial charge is 0.488 e. The number of hydrogen-bond acceptors (Lipinski definition) is 9. The van der Waals surface area contributed by atoms with Crippen molar-refractivity contribution in [1.29, 1.82) is 0 Å². The highest BCUT2D eigenvalue weighted by atomic mass is 16.5. The minimum Gasteiger partial charge on any atom is -0.440 e. The van der Waals surface area contributed by atoms with Crippen molar-refractivity contribution in [2.24, 2.45) is 0 Å². The lowest BCUT2D eigenvalue weighted by Gasteiger charge is -2.09. The van der Waals surface area contributed by atoms with E-state index < -0.39 is 7.12 Å². The van der Waals surface area contributed by atoms with Gasteiger partial charge in [-0.15, -0.1) is 10.2 Å². The highest BCUT2D eigenvalue weighted by Crippen LogP contribution is 2.33. The fourth-order valence-corrected chi connectivity index (χ4v) is 2.94. The molecule has 0 spiro atoms. The van der Waals surface area contributed by atoms with Gasteiger partial charge in [0.1, 0.15) is 11.2 Å². The van der Waals surface area contributed by atoms with Crippen LogP contribution in [0, 0.1) is 6.92 Å². The van der Waals surface area contributed by atoms with Crippen LogP contribution in [0.25, 0.3) is 33.1 Å². The van der Waals surface area contributed by atoms with E-state index in [1.165, 1.54) is 0 Å². The fraction of sp³-hybridized carbons (Fsp3) is 0.0588. The lowest BCUT2D eigenvalue weighted by molar-refractivity contribution is -0.120. The summed E-state index contributed by atoms with van der Waals surface area (Å²) in [5, 5.41) is 27.5. The number of aromatic nitrogens is 3. The van der Waals surface area contributed by atoms with Gasteiger partial charge in [-0.3, -0.25) is 4.79 Å². The van der Waals surface area contributed by atoms with Crippen LogP contribution in [0.2, 0.25) is 0 Å². The average Bonchev–Trinajstić information content (AvgIpc) is 3.03. The predicted octanol–water partition coefficient (Wildman–Crippen LogP) is 0.544. The molecule has 0 fully saturated rings. The maximum Gasteiger partial charge on any atom is 0.488 e. The molecule has 10 heteroatoms. The molecule has 2 heterocycles. The number of rotatable bonds is 4. The Kier molecular flexibility index (Phi) is 3.98. The van der Waals surface area contributed by atoms with Crippen LogP contribution in [0.3, 0.4) is 0 Å². The van der Waals surface area contributed by atoms with Crippen LogP contribution in [-0.4, -0.2) is 38.8 Å². The molecule has 0 radical (unpaired) electrons. The molecule has 0 saturated heterocycles. The number of carbonyl (C=O) groups is 1. The minimum absolute atomic E-state index is 0.0658. The summed E-state index contributed by atoms with van der Waals surface area (Å²) in [4.78, 5) is 14.8. The van der Waals surface area contributed by atoms with Crippen molar-refractivity contribution >= 4 is 46.7 Å². The molecule has 4 aromatic rings. The molecule has 134 valence electrons. The van der Waals surface area contributed by atoms with Gasteiger partial charge in [-0.2, -0.15) is 0 Å². The van der Waals surface area contributed by atoms with Gasteiger partial charge in [0.25, 0.3) is 12.4 Å². The predicted molar refractivity (Wildman–Crippen MR) is 98.2 cm³/mol. The van der Waals surface area contributed by atoms with Crippen LogP contribution in [0.5, 0.6) is 5.88 Å². The number of nitrogens with zero attached hydrogens (tertiary/aromatic N) is 3. The molecule has 0 amide bonds. The van der Waals surface area contributed by atoms with Gasteiger partial charge in [-0.1, -0.05) is 12.1 Å². The first-order chi connectivity index (χ1) is 13.0. The molecular formula is C17H13BN4O5. The van der Waals surface area contributed by atoms with Crippen molar-refractivity contribution in [2.45, 2.75) is 6.92 Å². The summed E-state index contributed by atoms with van der Waals surface area (Å²) in [6.07, 6.45) is 0. The SMILES string of the molecule is Cc1nc2cc(B(O)O)cc(-c3ccc4c(N)c(OC=O)nnc4c3)c2o1. The molecule has 0 atom stereocenters. The Bertz CT molecular complexity index is 1190. The lowest BCUT2D eigenvalue weighted by Crippen LogP contribution is -2.29. The molecule has 4 N–H and O–H groups in total. The number of ether oxygens (including phenoxy) is 1. The van der Waals surface area contributed by atoms with Crippen molar-refractivity contribution in [3.05, 3.63) is 36.2 Å². The molecular weight excluding hydrogens is 351 g/mol. The van der Waals surface area contributed by atoms with E-state index in [0.29, 0.717) is 39.0 Å². The minimum atomic E-state index is -1.65. The van der Waals surface area contributed by atoms with Crippen molar-refractivity contribution in [1.82, 2.24) is 15.2 Å². The monoisotopic (exact) mass is 364 g/mol. The summed E-state index contributed by atoms with van der Waals surface area (Å²) >= 11 is 0. The maximum absolute atomic E-state index is 10.5. The molecule has 9 nitrogen and oxygen atoms in total. The first-order valence-corrected chi connectivity index (χ1v) is 7.91. The number of fused-ring (bicyclic) bond motifs is 2. The van der Waals surface area contributed by atoms with E-state index in [2.05, 4.69) is 15.2 Å². The first-order valence-electron chi connectivity index (χ1n) is 7.91. The van der Waals surface area contributed by atoms with Crippen LogP contribution in [0.4, 0.5) is 5.69 Å². The second-order valence-corrected chi connectivity index (χ2v) is 5.89. The molecule has 0 unspecified atom stereocenters. The van der Waals surface area contributed by atoms with Crippen molar-refractivity contribution in [3.8, 4) is 17.0 Å². The molecule has 0 aliphatic carbocycles. The summed E-state index contributed by atoms with van der Waals surface area (Å²) in [5.74, 6) is 0.389. The van der Waals surface area contributed by atoms with Gasteiger partial charge in [0.2, 0.25) is 0 Å². The number of nitrogens with two attached hydrogens (primary N) is 1.